The third-order valence-corrected chi connectivity index (χ3v) is 1.59. The summed E-state index contributed by atoms with van der Waals surface area (Å²) in [5.41, 5.74) is 6.09. The van der Waals surface area contributed by atoms with E-state index in [0.717, 1.165) is 5.56 Å². The zero-order chi connectivity index (χ0) is 10.4. The highest BCUT2D eigenvalue weighted by atomic mass is 16.5. The van der Waals surface area contributed by atoms with Crippen LogP contribution in [-0.2, 0) is 9.53 Å². The van der Waals surface area contributed by atoms with Crippen molar-refractivity contribution in [2.24, 2.45) is 5.73 Å². The van der Waals surface area contributed by atoms with E-state index in [1.165, 1.54) is 0 Å². The average molecular weight is 198 g/mol. The highest BCUT2D eigenvalue weighted by Gasteiger charge is 2.05. The summed E-state index contributed by atoms with van der Waals surface area (Å²) >= 11 is 0. The van der Waals surface area contributed by atoms with Crippen LogP contribution in [0.15, 0.2) is 6.20 Å². The fourth-order valence-electron chi connectivity index (χ4n) is 0.897. The predicted molar refractivity (Wildman–Crippen MR) is 51.8 cm³/mol. The van der Waals surface area contributed by atoms with Crippen LogP contribution in [0.2, 0.25) is 0 Å². The quantitative estimate of drug-likeness (QED) is 0.563. The predicted octanol–water partition coefficient (Wildman–Crippen LogP) is -0.368. The standard InChI is InChI=1S/C8H14N4O2/c1-6-4-10-12-8(6)11-7(13)5-14-3-2-9/h4H,2-3,5,9H2,1H3,(H2,10,11,12,13). The van der Waals surface area contributed by atoms with Crippen LogP contribution in [0.25, 0.3) is 0 Å². The van der Waals surface area contributed by atoms with Crippen molar-refractivity contribution in [3.63, 3.8) is 0 Å². The van der Waals surface area contributed by atoms with Crippen molar-refractivity contribution >= 4 is 11.7 Å². The molecule has 0 fully saturated rings. The molecule has 0 aliphatic rings. The molecular weight excluding hydrogens is 184 g/mol. The lowest BCUT2D eigenvalue weighted by Crippen LogP contribution is -2.21. The van der Waals surface area contributed by atoms with Crippen LogP contribution in [0.1, 0.15) is 5.56 Å². The number of hydrogen-bond donors (Lipinski definition) is 3. The third kappa shape index (κ3) is 3.15. The Morgan fingerprint density at radius 3 is 3.14 bits per heavy atom. The summed E-state index contributed by atoms with van der Waals surface area (Å²) in [5.74, 6) is 0.386. The second-order valence-corrected chi connectivity index (χ2v) is 2.82. The lowest BCUT2D eigenvalue weighted by atomic mass is 10.4. The molecule has 0 bridgehead atoms. The van der Waals surface area contributed by atoms with Gasteiger partial charge >= 0.3 is 0 Å². The third-order valence-electron chi connectivity index (χ3n) is 1.59. The number of carbonyl (C=O) groups excluding carboxylic acids is 1. The number of aromatic amines is 1. The highest BCUT2D eigenvalue weighted by molar-refractivity contribution is 5.91. The van der Waals surface area contributed by atoms with Crippen molar-refractivity contribution in [1.82, 2.24) is 10.2 Å². The number of ether oxygens (including phenoxy) is 1. The Balaban J connectivity index is 2.31. The van der Waals surface area contributed by atoms with Gasteiger partial charge in [-0.15, -0.1) is 0 Å². The van der Waals surface area contributed by atoms with E-state index < -0.39 is 0 Å². The molecular formula is C8H14N4O2. The molecule has 0 radical (unpaired) electrons. The Bertz CT molecular complexity index is 297. The maximum atomic E-state index is 11.2. The molecule has 0 saturated heterocycles. The first-order valence-corrected chi connectivity index (χ1v) is 4.31. The van der Waals surface area contributed by atoms with Crippen molar-refractivity contribution in [2.45, 2.75) is 6.92 Å². The van der Waals surface area contributed by atoms with Gasteiger partial charge in [0.05, 0.1) is 12.8 Å². The SMILES string of the molecule is Cc1cn[nH]c1NC(=O)COCCN. The summed E-state index contributed by atoms with van der Waals surface area (Å²) in [4.78, 5) is 11.2. The molecule has 6 heteroatoms. The van der Waals surface area contributed by atoms with Gasteiger partial charge in [0.25, 0.3) is 5.91 Å². The second kappa shape index (κ2) is 5.36. The van der Waals surface area contributed by atoms with E-state index in [0.29, 0.717) is 19.0 Å². The topological polar surface area (TPSA) is 93.0 Å². The summed E-state index contributed by atoms with van der Waals surface area (Å²) in [6.07, 6.45) is 1.64. The Kier molecular flexibility index (Phi) is 4.09. The van der Waals surface area contributed by atoms with E-state index in [-0.39, 0.29) is 12.5 Å². The first kappa shape index (κ1) is 10.7. The Labute approximate surface area is 81.8 Å². The summed E-state index contributed by atoms with van der Waals surface area (Å²) in [6, 6.07) is 0. The van der Waals surface area contributed by atoms with Gasteiger partial charge in [-0.1, -0.05) is 0 Å². The van der Waals surface area contributed by atoms with E-state index >= 15 is 0 Å². The van der Waals surface area contributed by atoms with Crippen molar-refractivity contribution in [1.29, 1.82) is 0 Å². The number of aryl methyl sites for hydroxylation is 1. The maximum Gasteiger partial charge on any atom is 0.251 e. The molecule has 0 aromatic carbocycles. The number of amides is 1. The number of rotatable bonds is 5. The van der Waals surface area contributed by atoms with Crippen molar-refractivity contribution in [2.75, 3.05) is 25.1 Å². The summed E-state index contributed by atoms with van der Waals surface area (Å²) in [7, 11) is 0. The van der Waals surface area contributed by atoms with Crippen molar-refractivity contribution < 1.29 is 9.53 Å². The van der Waals surface area contributed by atoms with Crippen LogP contribution in [0, 0.1) is 6.92 Å². The fraction of sp³-hybridized carbons (Fsp3) is 0.500. The van der Waals surface area contributed by atoms with Gasteiger partial charge in [-0.05, 0) is 6.92 Å². The average Bonchev–Trinajstić information content (AvgIpc) is 2.52. The molecule has 1 amide bonds. The molecule has 0 aliphatic carbocycles. The number of carbonyl (C=O) groups is 1. The number of aromatic nitrogens is 2. The van der Waals surface area contributed by atoms with E-state index in [1.807, 2.05) is 6.92 Å². The molecule has 1 aromatic heterocycles. The normalized spacial score (nSPS) is 10.1. The minimum absolute atomic E-state index is 0.00958. The summed E-state index contributed by atoms with van der Waals surface area (Å²) in [6.45, 7) is 2.65. The van der Waals surface area contributed by atoms with Gasteiger partial charge in [0, 0.05) is 12.1 Å². The molecule has 1 aromatic rings. The zero-order valence-electron chi connectivity index (χ0n) is 8.04. The van der Waals surface area contributed by atoms with E-state index in [2.05, 4.69) is 15.5 Å². The van der Waals surface area contributed by atoms with Crippen LogP contribution in [-0.4, -0.2) is 35.9 Å². The van der Waals surface area contributed by atoms with Gasteiger partial charge in [-0.3, -0.25) is 9.89 Å². The largest absolute Gasteiger partial charge is 0.370 e. The van der Waals surface area contributed by atoms with Gasteiger partial charge < -0.3 is 15.8 Å². The molecule has 0 unspecified atom stereocenters. The molecule has 78 valence electrons. The number of hydrogen-bond acceptors (Lipinski definition) is 4. The molecule has 0 saturated carbocycles. The molecule has 0 aliphatic heterocycles. The van der Waals surface area contributed by atoms with Gasteiger partial charge in [0.1, 0.15) is 12.4 Å². The van der Waals surface area contributed by atoms with Crippen LogP contribution < -0.4 is 11.1 Å². The molecule has 0 atom stereocenters. The van der Waals surface area contributed by atoms with Gasteiger partial charge in [-0.25, -0.2) is 0 Å². The zero-order valence-corrected chi connectivity index (χ0v) is 8.04. The summed E-state index contributed by atoms with van der Waals surface area (Å²) < 4.78 is 4.96. The Hall–Kier alpha value is -1.40. The van der Waals surface area contributed by atoms with Crippen LogP contribution >= 0.6 is 0 Å². The second-order valence-electron chi connectivity index (χ2n) is 2.82. The molecule has 6 nitrogen and oxygen atoms in total. The number of nitrogens with one attached hydrogen (secondary N) is 2. The van der Waals surface area contributed by atoms with Crippen LogP contribution in [0.4, 0.5) is 5.82 Å². The first-order chi connectivity index (χ1) is 6.74. The van der Waals surface area contributed by atoms with Gasteiger partial charge in [-0.2, -0.15) is 5.10 Å². The van der Waals surface area contributed by atoms with Gasteiger partial charge in [0.2, 0.25) is 0 Å². The van der Waals surface area contributed by atoms with Gasteiger partial charge in [0.15, 0.2) is 0 Å². The summed E-state index contributed by atoms with van der Waals surface area (Å²) in [5, 5.41) is 9.06. The smallest absolute Gasteiger partial charge is 0.251 e. The Morgan fingerprint density at radius 2 is 2.57 bits per heavy atom. The van der Waals surface area contributed by atoms with Crippen LogP contribution in [0.5, 0.6) is 0 Å². The van der Waals surface area contributed by atoms with E-state index in [1.54, 1.807) is 6.20 Å². The monoisotopic (exact) mass is 198 g/mol. The lowest BCUT2D eigenvalue weighted by Gasteiger charge is -2.03. The highest BCUT2D eigenvalue weighted by Crippen LogP contribution is 2.07. The lowest BCUT2D eigenvalue weighted by molar-refractivity contribution is -0.120. The number of nitrogens with two attached hydrogens (primary N) is 1. The van der Waals surface area contributed by atoms with Crippen LogP contribution in [0.3, 0.4) is 0 Å². The minimum atomic E-state index is -0.217. The molecule has 1 heterocycles. The number of H-pyrrole nitrogens is 1. The Morgan fingerprint density at radius 1 is 1.79 bits per heavy atom. The van der Waals surface area contributed by atoms with Crippen molar-refractivity contribution in [3.8, 4) is 0 Å². The maximum absolute atomic E-state index is 11.2. The molecule has 4 N–H and O–H groups in total. The molecule has 1 rings (SSSR count). The fourth-order valence-corrected chi connectivity index (χ4v) is 0.897. The van der Waals surface area contributed by atoms with E-state index in [9.17, 15) is 4.79 Å². The molecule has 0 spiro atoms. The van der Waals surface area contributed by atoms with E-state index in [4.69, 9.17) is 10.5 Å². The number of nitrogens with zero attached hydrogens (tertiary/aromatic N) is 1. The first-order valence-electron chi connectivity index (χ1n) is 4.31. The molecule has 14 heavy (non-hydrogen) atoms. The number of anilines is 1. The van der Waals surface area contributed by atoms with Crippen molar-refractivity contribution in [3.05, 3.63) is 11.8 Å². The minimum Gasteiger partial charge on any atom is -0.370 e.